The van der Waals surface area contributed by atoms with E-state index in [4.69, 9.17) is 4.74 Å². The molecule has 1 aromatic rings. The molecule has 128 valence electrons. The summed E-state index contributed by atoms with van der Waals surface area (Å²) in [6, 6.07) is 7.34. The molecule has 2 rings (SSSR count). The van der Waals surface area contributed by atoms with Crippen molar-refractivity contribution in [3.8, 4) is 5.75 Å². The fraction of sp³-hybridized carbons (Fsp3) is 0.533. The molecular weight excluding hydrogens is 318 g/mol. The van der Waals surface area contributed by atoms with Gasteiger partial charge in [-0.2, -0.15) is 12.7 Å². The van der Waals surface area contributed by atoms with E-state index in [9.17, 15) is 13.2 Å². The van der Waals surface area contributed by atoms with E-state index < -0.39 is 10.2 Å². The van der Waals surface area contributed by atoms with Gasteiger partial charge in [0.2, 0.25) is 5.91 Å². The maximum absolute atomic E-state index is 12.2. The molecule has 1 aromatic carbocycles. The first-order chi connectivity index (χ1) is 10.8. The molecule has 7 nitrogen and oxygen atoms in total. The zero-order valence-corrected chi connectivity index (χ0v) is 14.5. The summed E-state index contributed by atoms with van der Waals surface area (Å²) in [6.45, 7) is 3.26. The van der Waals surface area contributed by atoms with Gasteiger partial charge in [-0.15, -0.1) is 0 Å². The van der Waals surface area contributed by atoms with Gasteiger partial charge in [-0.3, -0.25) is 4.79 Å². The van der Waals surface area contributed by atoms with Gasteiger partial charge in [0.05, 0.1) is 6.61 Å². The molecular formula is C15H23N3O4S. The summed E-state index contributed by atoms with van der Waals surface area (Å²) in [4.78, 5) is 13.8. The molecule has 1 fully saturated rings. The monoisotopic (exact) mass is 341 g/mol. The minimum Gasteiger partial charge on any atom is -0.494 e. The lowest BCUT2D eigenvalue weighted by Crippen LogP contribution is -2.38. The van der Waals surface area contributed by atoms with Crippen LogP contribution >= 0.6 is 0 Å². The van der Waals surface area contributed by atoms with Crippen molar-refractivity contribution in [2.24, 2.45) is 5.92 Å². The molecule has 1 aliphatic heterocycles. The van der Waals surface area contributed by atoms with Gasteiger partial charge in [0.25, 0.3) is 10.2 Å². The average Bonchev–Trinajstić information content (AvgIpc) is 2.87. The summed E-state index contributed by atoms with van der Waals surface area (Å²) in [5, 5.41) is 0. The number of carbonyl (C=O) groups is 1. The van der Waals surface area contributed by atoms with E-state index >= 15 is 0 Å². The van der Waals surface area contributed by atoms with Crippen molar-refractivity contribution in [1.29, 1.82) is 0 Å². The Labute approximate surface area is 137 Å². The van der Waals surface area contributed by atoms with E-state index in [1.54, 1.807) is 4.90 Å². The van der Waals surface area contributed by atoms with Crippen LogP contribution in [0.4, 0.5) is 5.69 Å². The molecule has 23 heavy (non-hydrogen) atoms. The molecule has 1 aliphatic rings. The minimum absolute atomic E-state index is 0.00297. The number of benzene rings is 1. The highest BCUT2D eigenvalue weighted by molar-refractivity contribution is 7.87. The molecule has 8 heteroatoms. The lowest BCUT2D eigenvalue weighted by atomic mass is 10.1. The van der Waals surface area contributed by atoms with Crippen LogP contribution in [0.3, 0.4) is 0 Å². The van der Waals surface area contributed by atoms with Gasteiger partial charge >= 0.3 is 0 Å². The highest BCUT2D eigenvalue weighted by Gasteiger charge is 2.31. The first kappa shape index (κ1) is 17.7. The summed E-state index contributed by atoms with van der Waals surface area (Å²) < 4.78 is 32.5. The molecule has 0 radical (unpaired) electrons. The smallest absolute Gasteiger partial charge is 0.278 e. The number of anilines is 1. The summed E-state index contributed by atoms with van der Waals surface area (Å²) in [6.07, 6.45) is 0.336. The van der Waals surface area contributed by atoms with Crippen LogP contribution < -0.4 is 14.4 Å². The van der Waals surface area contributed by atoms with Crippen LogP contribution in [0.2, 0.25) is 0 Å². The third-order valence-electron chi connectivity index (χ3n) is 3.70. The Morgan fingerprint density at radius 1 is 1.30 bits per heavy atom. The van der Waals surface area contributed by atoms with E-state index in [2.05, 4.69) is 4.72 Å². The van der Waals surface area contributed by atoms with E-state index in [-0.39, 0.29) is 18.4 Å². The van der Waals surface area contributed by atoms with Crippen molar-refractivity contribution in [2.45, 2.75) is 13.3 Å². The number of nitrogens with zero attached hydrogens (tertiary/aromatic N) is 2. The Hall–Kier alpha value is -1.64. The summed E-state index contributed by atoms with van der Waals surface area (Å²) in [5.74, 6) is 0.727. The second-order valence-electron chi connectivity index (χ2n) is 5.64. The Balaban J connectivity index is 1.97. The number of carbonyl (C=O) groups excluding carboxylic acids is 1. The summed E-state index contributed by atoms with van der Waals surface area (Å²) >= 11 is 0. The third-order valence-corrected chi connectivity index (χ3v) is 5.19. The lowest BCUT2D eigenvalue weighted by Gasteiger charge is -2.18. The van der Waals surface area contributed by atoms with E-state index in [1.165, 1.54) is 14.1 Å². The standard InChI is InChI=1S/C15H23N3O4S/c1-4-22-14-7-5-13(6-8-14)18-11-12(9-15(18)19)10-16-23(20,21)17(2)3/h5-8,12,16H,4,9-11H2,1-3H3/t12-/m1/s1. The van der Waals surface area contributed by atoms with Gasteiger partial charge in [0, 0.05) is 39.3 Å². The summed E-state index contributed by atoms with van der Waals surface area (Å²) in [7, 11) is -0.527. The predicted molar refractivity (Wildman–Crippen MR) is 88.7 cm³/mol. The van der Waals surface area contributed by atoms with E-state index in [0.717, 1.165) is 15.7 Å². The fourth-order valence-electron chi connectivity index (χ4n) is 2.41. The van der Waals surface area contributed by atoms with Gasteiger partial charge in [0.1, 0.15) is 5.75 Å². The van der Waals surface area contributed by atoms with Crippen LogP contribution in [0.25, 0.3) is 0 Å². The molecule has 0 unspecified atom stereocenters. The van der Waals surface area contributed by atoms with Crippen molar-refractivity contribution >= 4 is 21.8 Å². The number of hydrogen-bond acceptors (Lipinski definition) is 4. The number of nitrogens with one attached hydrogen (secondary N) is 1. The Bertz CT molecular complexity index is 643. The van der Waals surface area contributed by atoms with Gasteiger partial charge < -0.3 is 9.64 Å². The SMILES string of the molecule is CCOc1ccc(N2C[C@@H](CNS(=O)(=O)N(C)C)CC2=O)cc1. The number of hydrogen-bond donors (Lipinski definition) is 1. The number of rotatable bonds is 7. The maximum atomic E-state index is 12.2. The Morgan fingerprint density at radius 3 is 2.52 bits per heavy atom. The quantitative estimate of drug-likeness (QED) is 0.797. The highest BCUT2D eigenvalue weighted by Crippen LogP contribution is 2.26. The molecule has 1 heterocycles. The number of amides is 1. The molecule has 1 N–H and O–H groups in total. The molecule has 1 amide bonds. The fourth-order valence-corrected chi connectivity index (χ4v) is 3.11. The second kappa shape index (κ2) is 7.29. The van der Waals surface area contributed by atoms with Crippen molar-refractivity contribution in [1.82, 2.24) is 9.03 Å². The first-order valence-electron chi connectivity index (χ1n) is 7.54. The topological polar surface area (TPSA) is 79.0 Å². The van der Waals surface area contributed by atoms with Crippen molar-refractivity contribution in [3.05, 3.63) is 24.3 Å². The predicted octanol–water partition coefficient (Wildman–Crippen LogP) is 0.834. The number of ether oxygens (including phenoxy) is 1. The van der Waals surface area contributed by atoms with Crippen molar-refractivity contribution in [2.75, 3.05) is 38.7 Å². The van der Waals surface area contributed by atoms with Gasteiger partial charge in [-0.25, -0.2) is 4.72 Å². The van der Waals surface area contributed by atoms with Crippen LogP contribution in [0, 0.1) is 5.92 Å². The zero-order valence-electron chi connectivity index (χ0n) is 13.7. The second-order valence-corrected chi connectivity index (χ2v) is 7.61. The minimum atomic E-state index is -3.46. The van der Waals surface area contributed by atoms with Crippen LogP contribution in [0.15, 0.2) is 24.3 Å². The average molecular weight is 341 g/mol. The zero-order chi connectivity index (χ0) is 17.0. The molecule has 0 aromatic heterocycles. The van der Waals surface area contributed by atoms with Crippen LogP contribution in [0.5, 0.6) is 5.75 Å². The molecule has 0 spiro atoms. The van der Waals surface area contributed by atoms with E-state index in [0.29, 0.717) is 19.6 Å². The highest BCUT2D eigenvalue weighted by atomic mass is 32.2. The molecule has 0 saturated carbocycles. The molecule has 1 saturated heterocycles. The third kappa shape index (κ3) is 4.43. The first-order valence-corrected chi connectivity index (χ1v) is 8.98. The van der Waals surface area contributed by atoms with Gasteiger partial charge in [-0.05, 0) is 37.1 Å². The molecule has 0 aliphatic carbocycles. The van der Waals surface area contributed by atoms with Gasteiger partial charge in [0.15, 0.2) is 0 Å². The van der Waals surface area contributed by atoms with Crippen molar-refractivity contribution in [3.63, 3.8) is 0 Å². The van der Waals surface area contributed by atoms with Crippen LogP contribution in [0.1, 0.15) is 13.3 Å². The van der Waals surface area contributed by atoms with Gasteiger partial charge in [-0.1, -0.05) is 0 Å². The Kier molecular flexibility index (Phi) is 5.61. The van der Waals surface area contributed by atoms with Crippen LogP contribution in [-0.2, 0) is 15.0 Å². The maximum Gasteiger partial charge on any atom is 0.278 e. The lowest BCUT2D eigenvalue weighted by molar-refractivity contribution is -0.117. The van der Waals surface area contributed by atoms with E-state index in [1.807, 2.05) is 31.2 Å². The van der Waals surface area contributed by atoms with Crippen LogP contribution in [-0.4, -0.2) is 52.4 Å². The summed E-state index contributed by atoms with van der Waals surface area (Å²) in [5.41, 5.74) is 0.802. The molecule has 0 bridgehead atoms. The Morgan fingerprint density at radius 2 is 1.96 bits per heavy atom. The normalized spacial score (nSPS) is 18.7. The molecule has 1 atom stereocenters. The largest absolute Gasteiger partial charge is 0.494 e. The van der Waals surface area contributed by atoms with Crippen molar-refractivity contribution < 1.29 is 17.9 Å².